The molecule has 1 aromatic carbocycles. The number of nitro groups is 1. The molecule has 0 radical (unpaired) electrons. The Bertz CT molecular complexity index is 377. The van der Waals surface area contributed by atoms with Crippen molar-refractivity contribution in [2.75, 3.05) is 6.61 Å². The van der Waals surface area contributed by atoms with Gasteiger partial charge in [0.1, 0.15) is 0 Å². The van der Waals surface area contributed by atoms with Gasteiger partial charge in [0.2, 0.25) is 0 Å². The molecule has 17 heavy (non-hydrogen) atoms. The second-order valence-corrected chi connectivity index (χ2v) is 4.14. The number of benzene rings is 1. The van der Waals surface area contributed by atoms with Gasteiger partial charge in [-0.15, -0.1) is 0 Å². The molecule has 0 aromatic heterocycles. The van der Waals surface area contributed by atoms with E-state index in [2.05, 4.69) is 6.92 Å². The highest BCUT2D eigenvalue weighted by molar-refractivity contribution is 5.48. The quantitative estimate of drug-likeness (QED) is 0.411. The number of aryl methyl sites for hydroxylation is 1. The first-order chi connectivity index (χ1) is 8.15. The first-order valence-electron chi connectivity index (χ1n) is 6.03. The van der Waals surface area contributed by atoms with Crippen LogP contribution in [0.2, 0.25) is 0 Å². The number of ether oxygens (including phenoxy) is 1. The van der Waals surface area contributed by atoms with Crippen LogP contribution in [-0.4, -0.2) is 11.5 Å². The molecule has 0 aliphatic carbocycles. The van der Waals surface area contributed by atoms with Gasteiger partial charge in [0.05, 0.1) is 11.5 Å². The molecule has 0 atom stereocenters. The van der Waals surface area contributed by atoms with Gasteiger partial charge in [-0.3, -0.25) is 10.1 Å². The molecule has 0 N–H and O–H groups in total. The minimum Gasteiger partial charge on any atom is -0.487 e. The molecule has 0 unspecified atom stereocenters. The van der Waals surface area contributed by atoms with Crippen molar-refractivity contribution in [1.29, 1.82) is 0 Å². The summed E-state index contributed by atoms with van der Waals surface area (Å²) in [5.74, 6) is 0.381. The monoisotopic (exact) mass is 237 g/mol. The van der Waals surface area contributed by atoms with Crippen molar-refractivity contribution < 1.29 is 9.66 Å². The lowest BCUT2D eigenvalue weighted by Crippen LogP contribution is -2.01. The molecule has 1 aromatic rings. The van der Waals surface area contributed by atoms with Gasteiger partial charge in [-0.1, -0.05) is 32.3 Å². The predicted octanol–water partition coefficient (Wildman–Crippen LogP) is 3.86. The molecule has 0 amide bonds. The number of unbranched alkanes of at least 4 members (excludes halogenated alkanes) is 3. The van der Waals surface area contributed by atoms with Gasteiger partial charge >= 0.3 is 5.69 Å². The maximum atomic E-state index is 10.8. The molecule has 0 aliphatic rings. The van der Waals surface area contributed by atoms with Crippen LogP contribution < -0.4 is 4.74 Å². The summed E-state index contributed by atoms with van der Waals surface area (Å²) in [7, 11) is 0. The van der Waals surface area contributed by atoms with E-state index in [0.717, 1.165) is 18.4 Å². The van der Waals surface area contributed by atoms with E-state index in [1.165, 1.54) is 18.9 Å². The third kappa shape index (κ3) is 4.43. The minimum absolute atomic E-state index is 0.0473. The van der Waals surface area contributed by atoms with Crippen LogP contribution in [0.3, 0.4) is 0 Å². The van der Waals surface area contributed by atoms with Gasteiger partial charge in [-0.25, -0.2) is 0 Å². The highest BCUT2D eigenvalue weighted by Crippen LogP contribution is 2.27. The normalized spacial score (nSPS) is 10.2. The van der Waals surface area contributed by atoms with Crippen molar-refractivity contribution in [1.82, 2.24) is 0 Å². The standard InChI is InChI=1S/C13H19NO3/c1-3-4-5-6-9-17-13-10-11(2)7-8-12(13)14(15)16/h7-8,10H,3-6,9H2,1-2H3. The zero-order chi connectivity index (χ0) is 12.7. The van der Waals surface area contributed by atoms with Gasteiger partial charge in [-0.05, 0) is 25.0 Å². The van der Waals surface area contributed by atoms with Crippen molar-refractivity contribution in [2.45, 2.75) is 39.5 Å². The molecule has 94 valence electrons. The lowest BCUT2D eigenvalue weighted by Gasteiger charge is -2.07. The molecule has 1 rings (SSSR count). The summed E-state index contributed by atoms with van der Waals surface area (Å²) in [6.45, 7) is 4.59. The first kappa shape index (κ1) is 13.5. The molecule has 0 heterocycles. The van der Waals surface area contributed by atoms with Crippen LogP contribution in [0.25, 0.3) is 0 Å². The van der Waals surface area contributed by atoms with Crippen LogP contribution in [0.1, 0.15) is 38.2 Å². The number of hydrogen-bond acceptors (Lipinski definition) is 3. The molecule has 0 bridgehead atoms. The van der Waals surface area contributed by atoms with Gasteiger partial charge in [-0.2, -0.15) is 0 Å². The summed E-state index contributed by atoms with van der Waals surface area (Å²) >= 11 is 0. The van der Waals surface area contributed by atoms with E-state index in [0.29, 0.717) is 12.4 Å². The summed E-state index contributed by atoms with van der Waals surface area (Å²) in [5, 5.41) is 10.8. The third-order valence-electron chi connectivity index (χ3n) is 2.57. The Balaban J connectivity index is 2.56. The average Bonchev–Trinajstić information content (AvgIpc) is 2.28. The lowest BCUT2D eigenvalue weighted by molar-refractivity contribution is -0.385. The summed E-state index contributed by atoms with van der Waals surface area (Å²) in [4.78, 5) is 10.4. The van der Waals surface area contributed by atoms with Crippen molar-refractivity contribution in [3.8, 4) is 5.75 Å². The van der Waals surface area contributed by atoms with E-state index < -0.39 is 4.92 Å². The number of nitrogens with zero attached hydrogens (tertiary/aromatic N) is 1. The molecule has 0 aliphatic heterocycles. The van der Waals surface area contributed by atoms with Gasteiger partial charge in [0.25, 0.3) is 0 Å². The Morgan fingerprint density at radius 3 is 2.71 bits per heavy atom. The average molecular weight is 237 g/mol. The first-order valence-corrected chi connectivity index (χ1v) is 6.03. The van der Waals surface area contributed by atoms with Crippen molar-refractivity contribution >= 4 is 5.69 Å². The van der Waals surface area contributed by atoms with E-state index >= 15 is 0 Å². The second kappa shape index (κ2) is 6.89. The number of nitro benzene ring substituents is 1. The van der Waals surface area contributed by atoms with E-state index in [1.54, 1.807) is 12.1 Å². The Morgan fingerprint density at radius 1 is 1.29 bits per heavy atom. The molecular formula is C13H19NO3. The molecule has 0 spiro atoms. The van der Waals surface area contributed by atoms with E-state index in [4.69, 9.17) is 4.74 Å². The largest absolute Gasteiger partial charge is 0.487 e. The van der Waals surface area contributed by atoms with E-state index in [9.17, 15) is 10.1 Å². The van der Waals surface area contributed by atoms with Crippen LogP contribution in [0.4, 0.5) is 5.69 Å². The Hall–Kier alpha value is -1.58. The number of hydrogen-bond donors (Lipinski definition) is 0. The Labute approximate surface area is 102 Å². The minimum atomic E-state index is -0.402. The molecule has 4 heteroatoms. The van der Waals surface area contributed by atoms with Crippen LogP contribution >= 0.6 is 0 Å². The Morgan fingerprint density at radius 2 is 2.06 bits per heavy atom. The third-order valence-corrected chi connectivity index (χ3v) is 2.57. The van der Waals surface area contributed by atoms with Crippen LogP contribution in [0.15, 0.2) is 18.2 Å². The van der Waals surface area contributed by atoms with Crippen molar-refractivity contribution in [3.63, 3.8) is 0 Å². The van der Waals surface area contributed by atoms with Crippen molar-refractivity contribution in [2.24, 2.45) is 0 Å². The highest BCUT2D eigenvalue weighted by Gasteiger charge is 2.14. The maximum Gasteiger partial charge on any atom is 0.310 e. The molecule has 0 fully saturated rings. The summed E-state index contributed by atoms with van der Waals surface area (Å²) in [6.07, 6.45) is 4.40. The van der Waals surface area contributed by atoms with Crippen LogP contribution in [0.5, 0.6) is 5.75 Å². The predicted molar refractivity (Wildman–Crippen MR) is 67.5 cm³/mol. The highest BCUT2D eigenvalue weighted by atomic mass is 16.6. The fourth-order valence-corrected chi connectivity index (χ4v) is 1.60. The van der Waals surface area contributed by atoms with E-state index in [1.807, 2.05) is 6.92 Å². The van der Waals surface area contributed by atoms with E-state index in [-0.39, 0.29) is 5.69 Å². The smallest absolute Gasteiger partial charge is 0.310 e. The SMILES string of the molecule is CCCCCCOc1cc(C)ccc1[N+](=O)[O-]. The molecular weight excluding hydrogens is 218 g/mol. The van der Waals surface area contributed by atoms with Gasteiger partial charge in [0.15, 0.2) is 5.75 Å². The summed E-state index contributed by atoms with van der Waals surface area (Å²) < 4.78 is 5.48. The summed E-state index contributed by atoms with van der Waals surface area (Å²) in [5.41, 5.74) is 1.02. The fourth-order valence-electron chi connectivity index (χ4n) is 1.60. The van der Waals surface area contributed by atoms with Crippen LogP contribution in [0, 0.1) is 17.0 Å². The number of rotatable bonds is 7. The maximum absolute atomic E-state index is 10.8. The zero-order valence-corrected chi connectivity index (χ0v) is 10.4. The molecule has 0 saturated heterocycles. The van der Waals surface area contributed by atoms with Crippen molar-refractivity contribution in [3.05, 3.63) is 33.9 Å². The second-order valence-electron chi connectivity index (χ2n) is 4.14. The summed E-state index contributed by atoms with van der Waals surface area (Å²) in [6, 6.07) is 4.94. The zero-order valence-electron chi connectivity index (χ0n) is 10.4. The fraction of sp³-hybridized carbons (Fsp3) is 0.538. The molecule has 4 nitrogen and oxygen atoms in total. The van der Waals surface area contributed by atoms with Crippen LogP contribution in [-0.2, 0) is 0 Å². The lowest BCUT2D eigenvalue weighted by atomic mass is 10.2. The Kier molecular flexibility index (Phi) is 5.46. The molecule has 0 saturated carbocycles. The van der Waals surface area contributed by atoms with Gasteiger partial charge in [0, 0.05) is 6.07 Å². The van der Waals surface area contributed by atoms with Gasteiger partial charge < -0.3 is 4.74 Å². The topological polar surface area (TPSA) is 52.4 Å².